The van der Waals surface area contributed by atoms with Crippen LogP contribution in [-0.2, 0) is 11.2 Å². The van der Waals surface area contributed by atoms with E-state index in [-0.39, 0.29) is 5.41 Å². The molecule has 0 amide bonds. The quantitative estimate of drug-likeness (QED) is 0.659. The summed E-state index contributed by atoms with van der Waals surface area (Å²) in [6, 6.07) is 1.64. The van der Waals surface area contributed by atoms with Gasteiger partial charge in [-0.05, 0) is 6.07 Å². The molecule has 0 fully saturated rings. The van der Waals surface area contributed by atoms with Crippen LogP contribution in [0, 0.1) is 0 Å². The molecule has 0 saturated carbocycles. The summed E-state index contributed by atoms with van der Waals surface area (Å²) >= 11 is 13.5. The van der Waals surface area contributed by atoms with E-state index in [2.05, 4.69) is 20.3 Å². The maximum Gasteiger partial charge on any atom is 0.232 e. The van der Waals surface area contributed by atoms with Gasteiger partial charge in [0.2, 0.25) is 5.89 Å². The summed E-state index contributed by atoms with van der Waals surface area (Å²) in [4.78, 5) is 4.39. The third-order valence-corrected chi connectivity index (χ3v) is 4.26. The lowest BCUT2D eigenvalue weighted by molar-refractivity contribution is 0.319. The molecule has 9 heteroatoms. The first-order valence-electron chi connectivity index (χ1n) is 6.50. The standard InChI is InChI=1S/C13H13Cl2N5OS/c1-13(2,3)11-16-9(19-21-11)6-22-12-18-17-10-8(15)4-7(14)5-20(10)12/h4-5H,6H2,1-3H3. The Labute approximate surface area is 141 Å². The van der Waals surface area contributed by atoms with Crippen LogP contribution in [0.4, 0.5) is 0 Å². The van der Waals surface area contributed by atoms with Gasteiger partial charge in [-0.15, -0.1) is 10.2 Å². The van der Waals surface area contributed by atoms with Crippen LogP contribution < -0.4 is 0 Å². The zero-order valence-electron chi connectivity index (χ0n) is 12.2. The predicted molar refractivity (Wildman–Crippen MR) is 85.6 cm³/mol. The molecule has 0 N–H and O–H groups in total. The molecule has 0 aliphatic rings. The largest absolute Gasteiger partial charge is 0.339 e. The number of thioether (sulfide) groups is 1. The minimum Gasteiger partial charge on any atom is -0.339 e. The number of hydrogen-bond donors (Lipinski definition) is 0. The Kier molecular flexibility index (Phi) is 4.05. The van der Waals surface area contributed by atoms with Crippen molar-refractivity contribution in [3.05, 3.63) is 34.0 Å². The van der Waals surface area contributed by atoms with E-state index >= 15 is 0 Å². The number of pyridine rings is 1. The Hall–Kier alpha value is -1.31. The molecule has 0 aliphatic heterocycles. The first kappa shape index (κ1) is 15.6. The van der Waals surface area contributed by atoms with Crippen LogP contribution in [0.5, 0.6) is 0 Å². The van der Waals surface area contributed by atoms with Gasteiger partial charge >= 0.3 is 0 Å². The lowest BCUT2D eigenvalue weighted by Gasteiger charge is -2.10. The molecule has 3 heterocycles. The summed E-state index contributed by atoms with van der Waals surface area (Å²) in [6.45, 7) is 6.06. The average Bonchev–Trinajstić information content (AvgIpc) is 3.02. The molecule has 0 unspecified atom stereocenters. The molecule has 0 saturated heterocycles. The van der Waals surface area contributed by atoms with Crippen molar-refractivity contribution in [2.24, 2.45) is 0 Å². The van der Waals surface area contributed by atoms with E-state index < -0.39 is 0 Å². The SMILES string of the molecule is CC(C)(C)c1nc(CSc2nnc3c(Cl)cc(Cl)cn23)no1. The van der Waals surface area contributed by atoms with Crippen molar-refractivity contribution in [1.29, 1.82) is 0 Å². The highest BCUT2D eigenvalue weighted by Gasteiger charge is 2.22. The smallest absolute Gasteiger partial charge is 0.232 e. The van der Waals surface area contributed by atoms with Crippen LogP contribution >= 0.6 is 35.0 Å². The van der Waals surface area contributed by atoms with E-state index in [0.29, 0.717) is 38.3 Å². The van der Waals surface area contributed by atoms with Gasteiger partial charge in [-0.3, -0.25) is 4.40 Å². The van der Waals surface area contributed by atoms with Gasteiger partial charge in [-0.25, -0.2) is 0 Å². The molecule has 0 spiro atoms. The van der Waals surface area contributed by atoms with Crippen LogP contribution in [0.25, 0.3) is 5.65 Å². The van der Waals surface area contributed by atoms with Gasteiger partial charge in [0.15, 0.2) is 16.6 Å². The first-order valence-corrected chi connectivity index (χ1v) is 8.24. The maximum absolute atomic E-state index is 6.09. The Morgan fingerprint density at radius 1 is 1.27 bits per heavy atom. The lowest BCUT2D eigenvalue weighted by atomic mass is 9.97. The highest BCUT2D eigenvalue weighted by molar-refractivity contribution is 7.98. The lowest BCUT2D eigenvalue weighted by Crippen LogP contribution is -2.11. The van der Waals surface area contributed by atoms with Crippen molar-refractivity contribution in [3.8, 4) is 0 Å². The van der Waals surface area contributed by atoms with E-state index in [4.69, 9.17) is 27.7 Å². The maximum atomic E-state index is 6.09. The molecular weight excluding hydrogens is 345 g/mol. The average molecular weight is 358 g/mol. The van der Waals surface area contributed by atoms with Crippen LogP contribution in [0.1, 0.15) is 32.5 Å². The molecule has 3 aromatic heterocycles. The molecule has 0 atom stereocenters. The Balaban J connectivity index is 1.81. The fourth-order valence-electron chi connectivity index (χ4n) is 1.75. The van der Waals surface area contributed by atoms with Crippen molar-refractivity contribution in [2.45, 2.75) is 37.1 Å². The number of rotatable bonds is 3. The molecule has 116 valence electrons. The second kappa shape index (κ2) is 5.72. The Morgan fingerprint density at radius 2 is 2.05 bits per heavy atom. The molecule has 0 radical (unpaired) electrons. The van der Waals surface area contributed by atoms with Crippen LogP contribution in [0.15, 0.2) is 21.9 Å². The topological polar surface area (TPSA) is 69.1 Å². The van der Waals surface area contributed by atoms with E-state index in [0.717, 1.165) is 0 Å². The van der Waals surface area contributed by atoms with Gasteiger partial charge in [0.25, 0.3) is 0 Å². The number of fused-ring (bicyclic) bond motifs is 1. The van der Waals surface area contributed by atoms with Crippen molar-refractivity contribution in [3.63, 3.8) is 0 Å². The third kappa shape index (κ3) is 3.06. The number of halogens is 2. The van der Waals surface area contributed by atoms with Gasteiger partial charge in [0, 0.05) is 11.6 Å². The highest BCUT2D eigenvalue weighted by Crippen LogP contribution is 2.27. The van der Waals surface area contributed by atoms with Crippen LogP contribution in [0.3, 0.4) is 0 Å². The summed E-state index contributed by atoms with van der Waals surface area (Å²) in [6.07, 6.45) is 1.72. The highest BCUT2D eigenvalue weighted by atomic mass is 35.5. The summed E-state index contributed by atoms with van der Waals surface area (Å²) in [5, 5.41) is 13.8. The molecule has 0 bridgehead atoms. The molecule has 22 heavy (non-hydrogen) atoms. The normalized spacial score (nSPS) is 12.2. The summed E-state index contributed by atoms with van der Waals surface area (Å²) in [5.74, 6) is 1.74. The zero-order chi connectivity index (χ0) is 15.9. The van der Waals surface area contributed by atoms with E-state index in [1.807, 2.05) is 20.8 Å². The minimum absolute atomic E-state index is 0.168. The van der Waals surface area contributed by atoms with E-state index in [1.54, 1.807) is 16.7 Å². The van der Waals surface area contributed by atoms with Crippen molar-refractivity contribution in [1.82, 2.24) is 24.7 Å². The van der Waals surface area contributed by atoms with Gasteiger partial charge in [0.05, 0.1) is 15.8 Å². The zero-order valence-corrected chi connectivity index (χ0v) is 14.5. The number of nitrogens with zero attached hydrogens (tertiary/aromatic N) is 5. The van der Waals surface area contributed by atoms with E-state index in [9.17, 15) is 0 Å². The minimum atomic E-state index is -0.168. The van der Waals surface area contributed by atoms with Crippen molar-refractivity contribution >= 4 is 40.6 Å². The van der Waals surface area contributed by atoms with E-state index in [1.165, 1.54) is 11.8 Å². The predicted octanol–water partition coefficient (Wildman–Crippen LogP) is 4.01. The van der Waals surface area contributed by atoms with Gasteiger partial charge < -0.3 is 4.52 Å². The molecule has 6 nitrogen and oxygen atoms in total. The molecule has 0 aliphatic carbocycles. The second-order valence-corrected chi connectivity index (χ2v) is 7.52. The summed E-state index contributed by atoms with van der Waals surface area (Å²) < 4.78 is 7.02. The third-order valence-electron chi connectivity index (χ3n) is 2.84. The fourth-order valence-corrected chi connectivity index (χ4v) is 3.01. The second-order valence-electron chi connectivity index (χ2n) is 5.74. The number of hydrogen-bond acceptors (Lipinski definition) is 6. The molecule has 3 aromatic rings. The monoisotopic (exact) mass is 357 g/mol. The van der Waals surface area contributed by atoms with Crippen molar-refractivity contribution in [2.75, 3.05) is 0 Å². The molecule has 3 rings (SSSR count). The first-order chi connectivity index (χ1) is 10.3. The van der Waals surface area contributed by atoms with Crippen LogP contribution in [0.2, 0.25) is 10.0 Å². The van der Waals surface area contributed by atoms with Gasteiger partial charge in [-0.1, -0.05) is 60.9 Å². The van der Waals surface area contributed by atoms with Gasteiger partial charge in [-0.2, -0.15) is 4.98 Å². The number of aromatic nitrogens is 5. The fraction of sp³-hybridized carbons (Fsp3) is 0.385. The van der Waals surface area contributed by atoms with Gasteiger partial charge in [0.1, 0.15) is 0 Å². The molecule has 0 aromatic carbocycles. The Bertz CT molecular complexity index is 824. The summed E-state index contributed by atoms with van der Waals surface area (Å²) in [7, 11) is 0. The van der Waals surface area contributed by atoms with Crippen LogP contribution in [-0.4, -0.2) is 24.7 Å². The summed E-state index contributed by atoms with van der Waals surface area (Å²) in [5.41, 5.74) is 0.399. The Morgan fingerprint density at radius 3 is 2.73 bits per heavy atom. The van der Waals surface area contributed by atoms with Crippen molar-refractivity contribution < 1.29 is 4.52 Å². The molecular formula is C13H13Cl2N5OS.